The molecule has 0 saturated carbocycles. The van der Waals surface area contributed by atoms with E-state index in [4.69, 9.17) is 9.47 Å². The molecule has 0 fully saturated rings. The van der Waals surface area contributed by atoms with Crippen LogP contribution in [0.15, 0.2) is 47.4 Å². The second-order valence-electron chi connectivity index (χ2n) is 4.36. The van der Waals surface area contributed by atoms with Gasteiger partial charge < -0.3 is 9.47 Å². The summed E-state index contributed by atoms with van der Waals surface area (Å²) in [5.41, 5.74) is 0. The predicted molar refractivity (Wildman–Crippen MR) is 82.3 cm³/mol. The molecule has 0 saturated heterocycles. The van der Waals surface area contributed by atoms with Crippen molar-refractivity contribution >= 4 is 21.6 Å². The van der Waals surface area contributed by atoms with Gasteiger partial charge in [0.2, 0.25) is 0 Å². The Kier molecular flexibility index (Phi) is 5.71. The maximum Gasteiger partial charge on any atom is 0.169 e. The summed E-state index contributed by atoms with van der Waals surface area (Å²) in [6, 6.07) is 13.9. The lowest BCUT2D eigenvalue weighted by Crippen LogP contribution is -2.24. The topological polar surface area (TPSA) is 35.5 Å². The first-order valence-electron chi connectivity index (χ1n) is 6.85. The van der Waals surface area contributed by atoms with Crippen LogP contribution in [0.5, 0.6) is 0 Å². The molecule has 108 valence electrons. The van der Waals surface area contributed by atoms with Gasteiger partial charge >= 0.3 is 0 Å². The van der Waals surface area contributed by atoms with Crippen LogP contribution in [0.25, 0.3) is 10.8 Å². The molecular weight excluding hydrogens is 272 g/mol. The third-order valence-electron chi connectivity index (χ3n) is 2.98. The first-order chi connectivity index (χ1) is 9.74. The Morgan fingerprint density at radius 1 is 1.00 bits per heavy atom. The highest BCUT2D eigenvalue weighted by Gasteiger charge is 2.14. The van der Waals surface area contributed by atoms with Crippen LogP contribution in [0.3, 0.4) is 0 Å². The number of rotatable bonds is 7. The Labute approximate surface area is 122 Å². The highest BCUT2D eigenvalue weighted by Crippen LogP contribution is 2.18. The third kappa shape index (κ3) is 3.88. The van der Waals surface area contributed by atoms with Crippen LogP contribution in [0, 0.1) is 0 Å². The van der Waals surface area contributed by atoms with Gasteiger partial charge in [-0.25, -0.2) is 0 Å². The average Bonchev–Trinajstić information content (AvgIpc) is 2.47. The van der Waals surface area contributed by atoms with Crippen LogP contribution in [-0.4, -0.2) is 29.5 Å². The molecule has 1 unspecified atom stereocenters. The summed E-state index contributed by atoms with van der Waals surface area (Å²) in [6.07, 6.45) is -0.405. The van der Waals surface area contributed by atoms with Crippen molar-refractivity contribution in [2.75, 3.05) is 19.0 Å². The molecule has 20 heavy (non-hydrogen) atoms. The van der Waals surface area contributed by atoms with Gasteiger partial charge in [-0.2, -0.15) is 0 Å². The smallest absolute Gasteiger partial charge is 0.169 e. The minimum Gasteiger partial charge on any atom is -0.352 e. The van der Waals surface area contributed by atoms with Crippen molar-refractivity contribution in [3.8, 4) is 0 Å². The van der Waals surface area contributed by atoms with E-state index in [1.165, 1.54) is 0 Å². The van der Waals surface area contributed by atoms with Gasteiger partial charge in [-0.3, -0.25) is 4.21 Å². The molecule has 0 spiro atoms. The minimum atomic E-state index is -1.12. The van der Waals surface area contributed by atoms with Crippen LogP contribution in [0.2, 0.25) is 0 Å². The molecule has 0 bridgehead atoms. The molecule has 0 amide bonds. The van der Waals surface area contributed by atoms with Crippen LogP contribution in [-0.2, 0) is 20.3 Å². The van der Waals surface area contributed by atoms with Gasteiger partial charge in [0.1, 0.15) is 0 Å². The minimum absolute atomic E-state index is 0.361. The standard InChI is InChI=1S/C16H20O3S/c1-3-18-16(19-4-2)12-20(17)15-10-9-13-7-5-6-8-14(13)11-15/h5-11,16H,3-4,12H2,1-2H3. The monoisotopic (exact) mass is 292 g/mol. The molecule has 0 aliphatic rings. The number of hydrogen-bond donors (Lipinski definition) is 0. The van der Waals surface area contributed by atoms with Crippen molar-refractivity contribution in [3.05, 3.63) is 42.5 Å². The molecular formula is C16H20O3S. The van der Waals surface area contributed by atoms with Crippen molar-refractivity contribution in [2.24, 2.45) is 0 Å². The van der Waals surface area contributed by atoms with Crippen molar-refractivity contribution in [3.63, 3.8) is 0 Å². The van der Waals surface area contributed by atoms with Gasteiger partial charge in [-0.1, -0.05) is 30.3 Å². The van der Waals surface area contributed by atoms with Crippen molar-refractivity contribution < 1.29 is 13.7 Å². The summed E-state index contributed by atoms with van der Waals surface area (Å²) >= 11 is 0. The molecule has 2 aromatic rings. The van der Waals surface area contributed by atoms with E-state index < -0.39 is 17.1 Å². The number of fused-ring (bicyclic) bond motifs is 1. The van der Waals surface area contributed by atoms with Crippen LogP contribution >= 0.6 is 0 Å². The quantitative estimate of drug-likeness (QED) is 0.734. The summed E-state index contributed by atoms with van der Waals surface area (Å²) in [5.74, 6) is 0.361. The number of benzene rings is 2. The molecule has 0 N–H and O–H groups in total. The van der Waals surface area contributed by atoms with Gasteiger partial charge in [0.25, 0.3) is 0 Å². The van der Waals surface area contributed by atoms with Gasteiger partial charge in [-0.15, -0.1) is 0 Å². The first-order valence-corrected chi connectivity index (χ1v) is 8.16. The van der Waals surface area contributed by atoms with Crippen molar-refractivity contribution in [1.29, 1.82) is 0 Å². The molecule has 2 aromatic carbocycles. The molecule has 1 atom stereocenters. The lowest BCUT2D eigenvalue weighted by atomic mass is 10.1. The zero-order valence-electron chi connectivity index (χ0n) is 11.9. The molecule has 0 aliphatic carbocycles. The van der Waals surface area contributed by atoms with E-state index in [9.17, 15) is 4.21 Å². The fourth-order valence-electron chi connectivity index (χ4n) is 2.04. The lowest BCUT2D eigenvalue weighted by Gasteiger charge is -2.16. The van der Waals surface area contributed by atoms with E-state index in [1.807, 2.05) is 56.3 Å². The fourth-order valence-corrected chi connectivity index (χ4v) is 3.16. The summed E-state index contributed by atoms with van der Waals surface area (Å²) in [4.78, 5) is 0.813. The third-order valence-corrected chi connectivity index (χ3v) is 4.33. The van der Waals surface area contributed by atoms with Gasteiger partial charge in [0.05, 0.1) is 16.6 Å². The van der Waals surface area contributed by atoms with E-state index in [0.29, 0.717) is 19.0 Å². The number of ether oxygens (including phenoxy) is 2. The van der Waals surface area contributed by atoms with E-state index >= 15 is 0 Å². The average molecular weight is 292 g/mol. The van der Waals surface area contributed by atoms with Gasteiger partial charge in [0.15, 0.2) is 6.29 Å². The Bertz CT molecular complexity index is 577. The van der Waals surface area contributed by atoms with Crippen LogP contribution in [0.1, 0.15) is 13.8 Å². The van der Waals surface area contributed by atoms with E-state index in [1.54, 1.807) is 0 Å². The fraction of sp³-hybridized carbons (Fsp3) is 0.375. The van der Waals surface area contributed by atoms with Crippen molar-refractivity contribution in [2.45, 2.75) is 25.0 Å². The highest BCUT2D eigenvalue weighted by atomic mass is 32.2. The lowest BCUT2D eigenvalue weighted by molar-refractivity contribution is -0.120. The Morgan fingerprint density at radius 3 is 2.30 bits per heavy atom. The molecule has 2 rings (SSSR count). The Morgan fingerprint density at radius 2 is 1.65 bits per heavy atom. The molecule has 3 nitrogen and oxygen atoms in total. The predicted octanol–water partition coefficient (Wildman–Crippen LogP) is 3.35. The normalized spacial score (nSPS) is 12.9. The Hall–Kier alpha value is -1.23. The first kappa shape index (κ1) is 15.2. The van der Waals surface area contributed by atoms with E-state index in [2.05, 4.69) is 0 Å². The second-order valence-corrected chi connectivity index (χ2v) is 5.86. The zero-order chi connectivity index (χ0) is 14.4. The molecule has 0 aromatic heterocycles. The maximum atomic E-state index is 12.4. The maximum absolute atomic E-state index is 12.4. The summed E-state index contributed by atoms with van der Waals surface area (Å²) in [5, 5.41) is 2.25. The molecule has 0 radical (unpaired) electrons. The van der Waals surface area contributed by atoms with Gasteiger partial charge in [-0.05, 0) is 36.8 Å². The molecule has 0 heterocycles. The van der Waals surface area contributed by atoms with Crippen LogP contribution in [0.4, 0.5) is 0 Å². The number of hydrogen-bond acceptors (Lipinski definition) is 3. The summed E-state index contributed by atoms with van der Waals surface area (Å²) in [7, 11) is -1.12. The Balaban J connectivity index is 2.13. The largest absolute Gasteiger partial charge is 0.352 e. The van der Waals surface area contributed by atoms with E-state index in [-0.39, 0.29) is 0 Å². The molecule has 0 aliphatic heterocycles. The highest BCUT2D eigenvalue weighted by molar-refractivity contribution is 7.85. The summed E-state index contributed by atoms with van der Waals surface area (Å²) < 4.78 is 23.3. The molecule has 4 heteroatoms. The van der Waals surface area contributed by atoms with Crippen LogP contribution < -0.4 is 0 Å². The van der Waals surface area contributed by atoms with Gasteiger partial charge in [0, 0.05) is 18.1 Å². The zero-order valence-corrected chi connectivity index (χ0v) is 12.7. The second kappa shape index (κ2) is 7.53. The van der Waals surface area contributed by atoms with E-state index in [0.717, 1.165) is 15.7 Å². The SMILES string of the molecule is CCOC(CS(=O)c1ccc2ccccc2c1)OCC. The van der Waals surface area contributed by atoms with Crippen molar-refractivity contribution in [1.82, 2.24) is 0 Å². The summed E-state index contributed by atoms with van der Waals surface area (Å²) in [6.45, 7) is 4.93.